The lowest BCUT2D eigenvalue weighted by Crippen LogP contribution is -2.23. The summed E-state index contributed by atoms with van der Waals surface area (Å²) in [6.45, 7) is 0. The summed E-state index contributed by atoms with van der Waals surface area (Å²) in [5.41, 5.74) is 0. The largest absolute Gasteiger partial charge is 0.790 e. The first-order valence-corrected chi connectivity index (χ1v) is 4.38. The van der Waals surface area contributed by atoms with Crippen LogP contribution in [0.25, 0.3) is 0 Å². The topological polar surface area (TPSA) is 172 Å². The average molecular weight is 192 g/mol. The molecule has 0 rings (SSSR count). The van der Waals surface area contributed by atoms with Gasteiger partial charge in [0.05, 0.1) is 15.6 Å². The standard InChI is InChI=1S/H3N.H4O7P2/c;1-8(2,3)7-9(4,5)6/h1H3;(H2,1,2,3)(H2,4,5,6)/p-3. The molecule has 0 radical (unpaired) electrons. The summed E-state index contributed by atoms with van der Waals surface area (Å²) in [5, 5.41) is 0. The van der Waals surface area contributed by atoms with Gasteiger partial charge in [0.25, 0.3) is 0 Å². The number of hydrogen-bond donors (Lipinski definition) is 1. The van der Waals surface area contributed by atoms with E-state index in [-0.39, 0.29) is 6.15 Å². The first-order valence-electron chi connectivity index (χ1n) is 1.46. The maximum Gasteiger partial charge on any atom is 0.0655 e. The van der Waals surface area contributed by atoms with Gasteiger partial charge >= 0.3 is 0 Å². The van der Waals surface area contributed by atoms with Crippen LogP contribution in [0.3, 0.4) is 0 Å². The monoisotopic (exact) mass is 192 g/mol. The highest BCUT2D eigenvalue weighted by Gasteiger charge is 1.92. The van der Waals surface area contributed by atoms with Crippen LogP contribution in [0.1, 0.15) is 0 Å². The Morgan fingerprint density at radius 2 is 1.10 bits per heavy atom. The molecule has 10 heavy (non-hydrogen) atoms. The van der Waals surface area contributed by atoms with Crippen LogP contribution in [0.5, 0.6) is 0 Å². The van der Waals surface area contributed by atoms with E-state index in [9.17, 15) is 28.7 Å². The Balaban J connectivity index is 0. The minimum Gasteiger partial charge on any atom is -0.790 e. The Hall–Kier alpha value is 0.220. The molecule has 0 aromatic rings. The van der Waals surface area contributed by atoms with Crippen molar-refractivity contribution >= 4 is 15.6 Å². The normalized spacial score (nSPS) is 12.4. The predicted octanol–water partition coefficient (Wildman–Crippen LogP) is -2.96. The third kappa shape index (κ3) is 11.1. The highest BCUT2D eigenvalue weighted by atomic mass is 31.3. The Labute approximate surface area is 55.9 Å². The molecule has 0 bridgehead atoms. The Kier molecular flexibility index (Phi) is 4.58. The molecule has 0 aromatic carbocycles. The van der Waals surface area contributed by atoms with Crippen LogP contribution in [-0.2, 0) is 13.4 Å². The van der Waals surface area contributed by atoms with Crippen molar-refractivity contribution in [2.45, 2.75) is 0 Å². The minimum absolute atomic E-state index is 0. The molecule has 0 amide bonds. The highest BCUT2D eigenvalue weighted by Crippen LogP contribution is 2.42. The van der Waals surface area contributed by atoms with Crippen LogP contribution >= 0.6 is 15.6 Å². The van der Waals surface area contributed by atoms with Gasteiger partial charge < -0.3 is 39.2 Å². The zero-order valence-electron chi connectivity index (χ0n) is 4.75. The molecule has 10 heteroatoms. The molecule has 64 valence electrons. The van der Waals surface area contributed by atoms with E-state index in [2.05, 4.69) is 4.31 Å². The van der Waals surface area contributed by atoms with E-state index in [0.717, 1.165) is 0 Å². The van der Waals surface area contributed by atoms with Crippen molar-refractivity contribution in [1.29, 1.82) is 0 Å². The van der Waals surface area contributed by atoms with E-state index in [4.69, 9.17) is 0 Å². The first-order chi connectivity index (χ1) is 3.71. The highest BCUT2D eigenvalue weighted by molar-refractivity contribution is 7.57. The molecular weight excluding hydrogens is 188 g/mol. The summed E-state index contributed by atoms with van der Waals surface area (Å²) >= 11 is 0. The molecule has 4 N–H and O–H groups in total. The maximum absolute atomic E-state index is 9.32. The maximum atomic E-state index is 9.32. The molecule has 8 nitrogen and oxygen atoms in total. The third-order valence-corrected chi connectivity index (χ3v) is 1.80. The second-order valence-electron chi connectivity index (χ2n) is 0.976. The fraction of sp³-hybridized carbons (Fsp3) is 0. The summed E-state index contributed by atoms with van der Waals surface area (Å²) in [4.78, 5) is 37.3. The second kappa shape index (κ2) is 3.56. The van der Waals surface area contributed by atoms with E-state index in [1.54, 1.807) is 0 Å². The summed E-state index contributed by atoms with van der Waals surface area (Å²) in [5.74, 6) is 0. The van der Waals surface area contributed by atoms with E-state index in [1.165, 1.54) is 0 Å². The van der Waals surface area contributed by atoms with Gasteiger partial charge in [0.15, 0.2) is 0 Å². The Bertz CT molecular complexity index is 152. The molecule has 0 atom stereocenters. The summed E-state index contributed by atoms with van der Waals surface area (Å²) in [6.07, 6.45) is 0. The van der Waals surface area contributed by atoms with E-state index in [0.29, 0.717) is 0 Å². The third-order valence-electron chi connectivity index (χ3n) is 0.200. The molecule has 0 fully saturated rings. The lowest BCUT2D eigenvalue weighted by molar-refractivity contribution is -0.364. The van der Waals surface area contributed by atoms with Crippen molar-refractivity contribution in [2.75, 3.05) is 0 Å². The molecule has 0 spiro atoms. The van der Waals surface area contributed by atoms with Crippen molar-refractivity contribution in [1.82, 2.24) is 6.15 Å². The van der Waals surface area contributed by atoms with Crippen molar-refractivity contribution in [3.8, 4) is 0 Å². The smallest absolute Gasteiger partial charge is 0.0655 e. The summed E-state index contributed by atoms with van der Waals surface area (Å²) in [6, 6.07) is 0. The van der Waals surface area contributed by atoms with Crippen molar-refractivity contribution in [2.24, 2.45) is 0 Å². The van der Waals surface area contributed by atoms with Crippen molar-refractivity contribution in [3.63, 3.8) is 0 Å². The molecule has 0 aromatic heterocycles. The van der Waals surface area contributed by atoms with Crippen LogP contribution in [0.2, 0.25) is 0 Å². The first kappa shape index (κ1) is 12.9. The van der Waals surface area contributed by atoms with E-state index >= 15 is 0 Å². The van der Waals surface area contributed by atoms with Crippen molar-refractivity contribution < 1.29 is 33.0 Å². The number of hydrogen-bond acceptors (Lipinski definition) is 7. The van der Waals surface area contributed by atoms with Crippen LogP contribution in [0.4, 0.5) is 0 Å². The molecule has 0 aliphatic carbocycles. The van der Waals surface area contributed by atoms with Gasteiger partial charge in [-0.1, -0.05) is 0 Å². The van der Waals surface area contributed by atoms with Crippen LogP contribution in [0.15, 0.2) is 0 Å². The molecule has 0 unspecified atom stereocenters. The van der Waals surface area contributed by atoms with Gasteiger partial charge in [0, 0.05) is 0 Å². The summed E-state index contributed by atoms with van der Waals surface area (Å²) in [7, 11) is -11.4. The average Bonchev–Trinajstić information content (AvgIpc) is 1.14. The summed E-state index contributed by atoms with van der Waals surface area (Å²) < 4.78 is 21.2. The van der Waals surface area contributed by atoms with Crippen LogP contribution < -0.4 is 25.7 Å². The Morgan fingerprint density at radius 3 is 1.10 bits per heavy atom. The zero-order valence-corrected chi connectivity index (χ0v) is 6.54. The number of phosphoric acid groups is 2. The lowest BCUT2D eigenvalue weighted by atomic mass is 14.0. The number of quaternary nitrogens is 1. The van der Waals surface area contributed by atoms with Gasteiger partial charge in [-0.2, -0.15) is 0 Å². The Morgan fingerprint density at radius 1 is 0.900 bits per heavy atom. The molecule has 0 saturated carbocycles. The minimum atomic E-state index is -5.68. The van der Waals surface area contributed by atoms with Crippen LogP contribution in [-0.4, -0.2) is 0 Å². The number of rotatable bonds is 2. The van der Waals surface area contributed by atoms with Gasteiger partial charge in [0.2, 0.25) is 0 Å². The lowest BCUT2D eigenvalue weighted by Gasteiger charge is -2.39. The van der Waals surface area contributed by atoms with Gasteiger partial charge in [0.1, 0.15) is 0 Å². The van der Waals surface area contributed by atoms with Crippen molar-refractivity contribution in [3.05, 3.63) is 0 Å². The van der Waals surface area contributed by atoms with E-state index in [1.807, 2.05) is 0 Å². The van der Waals surface area contributed by atoms with Gasteiger partial charge in [-0.15, -0.1) is 0 Å². The fourth-order valence-corrected chi connectivity index (χ4v) is 1.10. The molecule has 0 heterocycles. The molecular formula is H4NO7P2-3. The van der Waals surface area contributed by atoms with Gasteiger partial charge in [-0.25, -0.2) is 0 Å². The zero-order chi connectivity index (χ0) is 7.71. The van der Waals surface area contributed by atoms with Crippen LogP contribution in [0, 0.1) is 0 Å². The molecule has 0 aliphatic heterocycles. The fourth-order valence-electron chi connectivity index (χ4n) is 0.122. The molecule has 0 saturated heterocycles. The predicted molar refractivity (Wildman–Crippen MR) is 22.3 cm³/mol. The quantitative estimate of drug-likeness (QED) is 0.454. The second-order valence-corrected chi connectivity index (χ2v) is 3.42. The molecule has 0 aliphatic rings. The van der Waals surface area contributed by atoms with Gasteiger partial charge in [-0.05, 0) is 0 Å². The van der Waals surface area contributed by atoms with Gasteiger partial charge in [-0.3, -0.25) is 0 Å². The SMILES string of the molecule is O=P([O-])([O-])OP(=O)([O-])[O-].[NH4+]. The van der Waals surface area contributed by atoms with E-state index < -0.39 is 15.6 Å².